The van der Waals surface area contributed by atoms with Crippen LogP contribution >= 0.6 is 0 Å². The van der Waals surface area contributed by atoms with Crippen molar-refractivity contribution < 1.29 is 9.66 Å². The number of rotatable bonds is 8. The van der Waals surface area contributed by atoms with Gasteiger partial charge in [-0.2, -0.15) is 0 Å². The highest BCUT2D eigenvalue weighted by atomic mass is 16.6. The molecule has 0 unspecified atom stereocenters. The number of piperazine rings is 1. The number of nitro groups is 1. The number of nitrogens with zero attached hydrogens (tertiary/aromatic N) is 4. The molecule has 1 aromatic carbocycles. The molecule has 0 radical (unpaired) electrons. The van der Waals surface area contributed by atoms with Crippen molar-refractivity contribution in [1.29, 1.82) is 0 Å². The zero-order valence-electron chi connectivity index (χ0n) is 15.5. The van der Waals surface area contributed by atoms with Crippen LogP contribution in [0, 0.1) is 10.1 Å². The van der Waals surface area contributed by atoms with E-state index in [0.717, 1.165) is 44.9 Å². The second kappa shape index (κ2) is 9.18. The summed E-state index contributed by atoms with van der Waals surface area (Å²) in [6, 6.07) is 11.2. The van der Waals surface area contributed by atoms with Crippen LogP contribution in [0.15, 0.2) is 42.6 Å². The lowest BCUT2D eigenvalue weighted by atomic mass is 10.2. The number of methoxy groups -OCH3 is 1. The van der Waals surface area contributed by atoms with Gasteiger partial charge >= 0.3 is 5.69 Å². The van der Waals surface area contributed by atoms with Crippen molar-refractivity contribution in [3.63, 3.8) is 0 Å². The van der Waals surface area contributed by atoms with Gasteiger partial charge in [0.15, 0.2) is 0 Å². The fraction of sp³-hybridized carbons (Fsp3) is 0.421. The summed E-state index contributed by atoms with van der Waals surface area (Å²) in [4.78, 5) is 19.4. The third-order valence-electron chi connectivity index (χ3n) is 4.74. The number of nitrogens with one attached hydrogen (secondary N) is 1. The molecule has 8 heteroatoms. The Balaban J connectivity index is 1.39. The van der Waals surface area contributed by atoms with E-state index in [4.69, 9.17) is 4.74 Å². The normalized spacial score (nSPS) is 14.8. The van der Waals surface area contributed by atoms with Crippen molar-refractivity contribution in [2.45, 2.75) is 6.42 Å². The van der Waals surface area contributed by atoms with Crippen molar-refractivity contribution in [1.82, 2.24) is 9.88 Å². The molecule has 8 nitrogen and oxygen atoms in total. The Morgan fingerprint density at radius 2 is 1.93 bits per heavy atom. The minimum Gasteiger partial charge on any atom is -0.497 e. The van der Waals surface area contributed by atoms with E-state index in [-0.39, 0.29) is 5.69 Å². The summed E-state index contributed by atoms with van der Waals surface area (Å²) in [5, 5.41) is 14.1. The molecule has 2 aromatic rings. The minimum atomic E-state index is -0.409. The molecule has 1 N–H and O–H groups in total. The van der Waals surface area contributed by atoms with Crippen molar-refractivity contribution >= 4 is 17.2 Å². The summed E-state index contributed by atoms with van der Waals surface area (Å²) >= 11 is 0. The van der Waals surface area contributed by atoms with E-state index in [2.05, 4.69) is 32.2 Å². The van der Waals surface area contributed by atoms with Crippen LogP contribution in [0.2, 0.25) is 0 Å². The van der Waals surface area contributed by atoms with Crippen molar-refractivity contribution in [2.24, 2.45) is 0 Å². The Bertz CT molecular complexity index is 745. The largest absolute Gasteiger partial charge is 0.497 e. The van der Waals surface area contributed by atoms with Crippen LogP contribution in [0.4, 0.5) is 17.2 Å². The van der Waals surface area contributed by atoms with Crippen molar-refractivity contribution in [3.05, 3.63) is 52.7 Å². The molecule has 1 saturated heterocycles. The lowest BCUT2D eigenvalue weighted by Crippen LogP contribution is -2.46. The summed E-state index contributed by atoms with van der Waals surface area (Å²) in [6.07, 6.45) is 2.48. The molecule has 1 aliphatic rings. The van der Waals surface area contributed by atoms with Gasteiger partial charge in [-0.05, 0) is 43.3 Å². The number of aromatic nitrogens is 1. The summed E-state index contributed by atoms with van der Waals surface area (Å²) in [5.41, 5.74) is 1.24. The summed E-state index contributed by atoms with van der Waals surface area (Å²) in [5.74, 6) is 1.21. The molecule has 2 heterocycles. The maximum atomic E-state index is 11.0. The summed E-state index contributed by atoms with van der Waals surface area (Å²) in [7, 11) is 1.68. The Labute approximate surface area is 158 Å². The third kappa shape index (κ3) is 5.07. The first kappa shape index (κ1) is 18.9. The Kier molecular flexibility index (Phi) is 6.43. The molecule has 27 heavy (non-hydrogen) atoms. The van der Waals surface area contributed by atoms with Gasteiger partial charge in [-0.1, -0.05) is 0 Å². The highest BCUT2D eigenvalue weighted by Gasteiger charge is 2.17. The molecule has 0 bridgehead atoms. The average molecular weight is 371 g/mol. The molecule has 1 aliphatic heterocycles. The number of hydrogen-bond donors (Lipinski definition) is 1. The fourth-order valence-electron chi connectivity index (χ4n) is 3.21. The predicted octanol–water partition coefficient (Wildman–Crippen LogP) is 2.62. The molecule has 3 rings (SSSR count). The van der Waals surface area contributed by atoms with E-state index < -0.39 is 4.92 Å². The summed E-state index contributed by atoms with van der Waals surface area (Å²) in [6.45, 7) is 5.63. The van der Waals surface area contributed by atoms with E-state index in [1.54, 1.807) is 19.4 Å². The van der Waals surface area contributed by atoms with Gasteiger partial charge in [0.1, 0.15) is 5.75 Å². The number of hydrogen-bond acceptors (Lipinski definition) is 7. The smallest absolute Gasteiger partial charge is 0.311 e. The third-order valence-corrected chi connectivity index (χ3v) is 4.74. The molecule has 1 aromatic heterocycles. The van der Waals surface area contributed by atoms with Crippen LogP contribution in [-0.2, 0) is 0 Å². The van der Waals surface area contributed by atoms with Gasteiger partial charge in [-0.25, -0.2) is 4.98 Å². The van der Waals surface area contributed by atoms with Crippen LogP contribution in [-0.4, -0.2) is 61.2 Å². The van der Waals surface area contributed by atoms with Crippen LogP contribution in [0.1, 0.15) is 6.42 Å². The quantitative estimate of drug-likeness (QED) is 0.434. The molecular weight excluding hydrogens is 346 g/mol. The van der Waals surface area contributed by atoms with Crippen LogP contribution < -0.4 is 15.0 Å². The fourth-order valence-corrected chi connectivity index (χ4v) is 3.21. The number of pyridine rings is 1. The van der Waals surface area contributed by atoms with Gasteiger partial charge in [0.05, 0.1) is 12.0 Å². The zero-order chi connectivity index (χ0) is 19.1. The van der Waals surface area contributed by atoms with Crippen LogP contribution in [0.3, 0.4) is 0 Å². The predicted molar refractivity (Wildman–Crippen MR) is 106 cm³/mol. The summed E-state index contributed by atoms with van der Waals surface area (Å²) < 4.78 is 5.21. The van der Waals surface area contributed by atoms with Gasteiger partial charge in [0.25, 0.3) is 0 Å². The van der Waals surface area contributed by atoms with E-state index in [9.17, 15) is 10.1 Å². The van der Waals surface area contributed by atoms with Gasteiger partial charge in [-0.3, -0.25) is 15.0 Å². The van der Waals surface area contributed by atoms with E-state index in [1.807, 2.05) is 12.1 Å². The van der Waals surface area contributed by atoms with Crippen LogP contribution in [0.5, 0.6) is 5.75 Å². The number of anilines is 2. The molecule has 144 valence electrons. The molecule has 0 spiro atoms. The highest BCUT2D eigenvalue weighted by Crippen LogP contribution is 2.21. The standard InChI is InChI=1S/C19H25N5O3/c1-27-17-7-5-16(6-8-17)23-14-12-22(13-15-23)11-3-10-21-19-18(24(25)26)4-2-9-20-19/h2,4-9H,3,10-15H2,1H3,(H,20,21). The first-order chi connectivity index (χ1) is 13.2. The average Bonchev–Trinajstić information content (AvgIpc) is 2.72. The lowest BCUT2D eigenvalue weighted by molar-refractivity contribution is -0.384. The van der Waals surface area contributed by atoms with E-state index >= 15 is 0 Å². The molecular formula is C19H25N5O3. The minimum absolute atomic E-state index is 0.0191. The molecule has 0 saturated carbocycles. The van der Waals surface area contributed by atoms with Gasteiger partial charge in [0.2, 0.25) is 5.82 Å². The first-order valence-electron chi connectivity index (χ1n) is 9.12. The Morgan fingerprint density at radius 1 is 1.19 bits per heavy atom. The molecule has 0 amide bonds. The Hall–Kier alpha value is -2.87. The maximum Gasteiger partial charge on any atom is 0.311 e. The monoisotopic (exact) mass is 371 g/mol. The highest BCUT2D eigenvalue weighted by molar-refractivity contribution is 5.55. The number of benzene rings is 1. The molecule has 1 fully saturated rings. The Morgan fingerprint density at radius 3 is 2.59 bits per heavy atom. The maximum absolute atomic E-state index is 11.0. The SMILES string of the molecule is COc1ccc(N2CCN(CCCNc3ncccc3[N+](=O)[O-])CC2)cc1. The topological polar surface area (TPSA) is 83.8 Å². The zero-order valence-corrected chi connectivity index (χ0v) is 15.5. The van der Waals surface area contributed by atoms with Crippen LogP contribution in [0.25, 0.3) is 0 Å². The van der Waals surface area contributed by atoms with Crippen molar-refractivity contribution in [2.75, 3.05) is 56.6 Å². The van der Waals surface area contributed by atoms with Gasteiger partial charge in [0, 0.05) is 50.7 Å². The molecule has 0 atom stereocenters. The lowest BCUT2D eigenvalue weighted by Gasteiger charge is -2.36. The van der Waals surface area contributed by atoms with Crippen molar-refractivity contribution in [3.8, 4) is 5.75 Å². The second-order valence-electron chi connectivity index (χ2n) is 6.44. The van der Waals surface area contributed by atoms with E-state index in [1.165, 1.54) is 11.8 Å². The van der Waals surface area contributed by atoms with Gasteiger partial charge in [-0.15, -0.1) is 0 Å². The first-order valence-corrected chi connectivity index (χ1v) is 9.12. The second-order valence-corrected chi connectivity index (χ2v) is 6.44. The molecule has 0 aliphatic carbocycles. The number of ether oxygens (including phenoxy) is 1. The van der Waals surface area contributed by atoms with E-state index in [0.29, 0.717) is 12.4 Å². The van der Waals surface area contributed by atoms with Gasteiger partial charge < -0.3 is 15.0 Å².